The topological polar surface area (TPSA) is 70.0 Å². The molecule has 5 heteroatoms. The molecule has 0 spiro atoms. The molecule has 0 saturated heterocycles. The zero-order valence-electron chi connectivity index (χ0n) is 7.49. The number of phenols is 1. The average molecular weight is 278 g/mol. The second-order valence-electron chi connectivity index (χ2n) is 2.76. The highest BCUT2D eigenvalue weighted by Gasteiger charge is 2.13. The summed E-state index contributed by atoms with van der Waals surface area (Å²) in [6.45, 7) is 1.75. The minimum Gasteiger partial charge on any atom is -0.506 e. The Bertz CT molecular complexity index is 374. The highest BCUT2D eigenvalue weighted by Crippen LogP contribution is 2.33. The van der Waals surface area contributed by atoms with Gasteiger partial charge in [0.2, 0.25) is 0 Å². The van der Waals surface area contributed by atoms with Crippen LogP contribution in [0.5, 0.6) is 5.75 Å². The van der Waals surface area contributed by atoms with Gasteiger partial charge in [0, 0.05) is 16.1 Å². The van der Waals surface area contributed by atoms with Crippen LogP contribution in [-0.4, -0.2) is 5.11 Å². The predicted molar refractivity (Wildman–Crippen MR) is 60.4 cm³/mol. The van der Waals surface area contributed by atoms with Gasteiger partial charge in [-0.2, -0.15) is 5.26 Å². The molecule has 14 heavy (non-hydrogen) atoms. The molecule has 0 aliphatic heterocycles. The van der Waals surface area contributed by atoms with Gasteiger partial charge in [-0.25, -0.2) is 0 Å². The van der Waals surface area contributed by atoms with Crippen LogP contribution in [0.4, 0.5) is 0 Å². The van der Waals surface area contributed by atoms with Crippen molar-refractivity contribution in [2.24, 2.45) is 5.73 Å². The fraction of sp³-hybridized carbons (Fsp3) is 0.222. The summed E-state index contributed by atoms with van der Waals surface area (Å²) >= 11 is 3.26. The third kappa shape index (κ3) is 2.38. The van der Waals surface area contributed by atoms with Crippen molar-refractivity contribution in [2.45, 2.75) is 13.0 Å². The van der Waals surface area contributed by atoms with E-state index in [-0.39, 0.29) is 29.8 Å². The van der Waals surface area contributed by atoms with E-state index in [0.29, 0.717) is 5.56 Å². The smallest absolute Gasteiger partial charge is 0.139 e. The van der Waals surface area contributed by atoms with Gasteiger partial charge in [0.05, 0.1) is 5.56 Å². The second kappa shape index (κ2) is 5.20. The summed E-state index contributed by atoms with van der Waals surface area (Å²) in [5.74, 6) is -0.0353. The summed E-state index contributed by atoms with van der Waals surface area (Å²) < 4.78 is 0.721. The van der Waals surface area contributed by atoms with Crippen molar-refractivity contribution in [2.75, 3.05) is 0 Å². The van der Waals surface area contributed by atoms with Crippen LogP contribution in [0.15, 0.2) is 16.6 Å². The lowest BCUT2D eigenvalue weighted by molar-refractivity contribution is 0.461. The molecule has 0 aromatic heterocycles. The Morgan fingerprint density at radius 3 is 2.57 bits per heavy atom. The Morgan fingerprint density at radius 1 is 1.57 bits per heavy atom. The normalized spacial score (nSPS) is 11.3. The van der Waals surface area contributed by atoms with Gasteiger partial charge >= 0.3 is 0 Å². The van der Waals surface area contributed by atoms with Crippen LogP contribution in [0.1, 0.15) is 24.1 Å². The Morgan fingerprint density at radius 2 is 2.14 bits per heavy atom. The number of hydrogen-bond acceptors (Lipinski definition) is 3. The molecule has 0 aliphatic carbocycles. The number of nitriles is 1. The summed E-state index contributed by atoms with van der Waals surface area (Å²) in [6, 6.07) is 4.84. The SMILES string of the molecule is C[C@H](N)c1c(Br)ccc(C#N)c1O.Cl. The predicted octanol–water partition coefficient (Wildman–Crippen LogP) is 2.47. The summed E-state index contributed by atoms with van der Waals surface area (Å²) in [6.07, 6.45) is 0. The van der Waals surface area contributed by atoms with Gasteiger partial charge in [-0.05, 0) is 19.1 Å². The largest absolute Gasteiger partial charge is 0.506 e. The number of phenolic OH excluding ortho intramolecular Hbond substituents is 1. The number of aromatic hydroxyl groups is 1. The molecule has 0 bridgehead atoms. The molecular weight excluding hydrogens is 267 g/mol. The molecular formula is C9H10BrClN2O. The number of hydrogen-bond donors (Lipinski definition) is 2. The molecule has 0 heterocycles. The molecule has 1 aromatic rings. The van der Waals surface area contributed by atoms with E-state index < -0.39 is 0 Å². The van der Waals surface area contributed by atoms with Gasteiger partial charge in [-0.3, -0.25) is 0 Å². The van der Waals surface area contributed by atoms with E-state index in [1.165, 1.54) is 0 Å². The lowest BCUT2D eigenvalue weighted by Crippen LogP contribution is -2.06. The molecule has 3 nitrogen and oxygen atoms in total. The molecule has 3 N–H and O–H groups in total. The van der Waals surface area contributed by atoms with Crippen LogP contribution < -0.4 is 5.73 Å². The van der Waals surface area contributed by atoms with Crippen molar-refractivity contribution < 1.29 is 5.11 Å². The van der Waals surface area contributed by atoms with Gasteiger partial charge in [-0.15, -0.1) is 12.4 Å². The Hall–Kier alpha value is -0.760. The van der Waals surface area contributed by atoms with Crippen molar-refractivity contribution in [3.05, 3.63) is 27.7 Å². The number of benzene rings is 1. The molecule has 0 unspecified atom stereocenters. The van der Waals surface area contributed by atoms with E-state index >= 15 is 0 Å². The molecule has 0 radical (unpaired) electrons. The number of nitrogens with two attached hydrogens (primary N) is 1. The maximum absolute atomic E-state index is 9.61. The van der Waals surface area contributed by atoms with Crippen molar-refractivity contribution in [3.8, 4) is 11.8 Å². The van der Waals surface area contributed by atoms with Crippen LogP contribution >= 0.6 is 28.3 Å². The monoisotopic (exact) mass is 276 g/mol. The third-order valence-corrected chi connectivity index (χ3v) is 2.43. The van der Waals surface area contributed by atoms with E-state index in [1.54, 1.807) is 19.1 Å². The first-order valence-corrected chi connectivity index (χ1v) is 4.54. The van der Waals surface area contributed by atoms with E-state index in [4.69, 9.17) is 11.0 Å². The maximum Gasteiger partial charge on any atom is 0.139 e. The first-order valence-electron chi connectivity index (χ1n) is 3.75. The van der Waals surface area contributed by atoms with Crippen molar-refractivity contribution in [3.63, 3.8) is 0 Å². The lowest BCUT2D eigenvalue weighted by atomic mass is 10.0. The Balaban J connectivity index is 0.00000169. The molecule has 1 atom stereocenters. The standard InChI is InChI=1S/C9H9BrN2O.ClH/c1-5(12)8-7(10)3-2-6(4-11)9(8)13;/h2-3,5,13H,12H2,1H3;1H/t5-;/m0./s1. The van der Waals surface area contributed by atoms with Crippen LogP contribution in [0.25, 0.3) is 0 Å². The van der Waals surface area contributed by atoms with Crippen molar-refractivity contribution in [1.82, 2.24) is 0 Å². The Labute approximate surface area is 97.1 Å². The fourth-order valence-electron chi connectivity index (χ4n) is 1.11. The highest BCUT2D eigenvalue weighted by molar-refractivity contribution is 9.10. The number of nitrogens with zero attached hydrogens (tertiary/aromatic N) is 1. The van der Waals surface area contributed by atoms with Crippen LogP contribution in [-0.2, 0) is 0 Å². The van der Waals surface area contributed by atoms with Crippen molar-refractivity contribution in [1.29, 1.82) is 5.26 Å². The minimum absolute atomic E-state index is 0. The molecule has 1 aromatic carbocycles. The van der Waals surface area contributed by atoms with Gasteiger partial charge in [0.25, 0.3) is 0 Å². The molecule has 0 amide bonds. The van der Waals surface area contributed by atoms with Crippen LogP contribution in [0.3, 0.4) is 0 Å². The van der Waals surface area contributed by atoms with E-state index in [0.717, 1.165) is 4.47 Å². The van der Waals surface area contributed by atoms with Gasteiger partial charge in [0.1, 0.15) is 11.8 Å². The second-order valence-corrected chi connectivity index (χ2v) is 3.61. The maximum atomic E-state index is 9.61. The molecule has 1 rings (SSSR count). The lowest BCUT2D eigenvalue weighted by Gasteiger charge is -2.11. The van der Waals surface area contributed by atoms with Crippen LogP contribution in [0, 0.1) is 11.3 Å². The molecule has 76 valence electrons. The van der Waals surface area contributed by atoms with Crippen molar-refractivity contribution >= 4 is 28.3 Å². The summed E-state index contributed by atoms with van der Waals surface area (Å²) in [7, 11) is 0. The fourth-order valence-corrected chi connectivity index (χ4v) is 1.79. The first-order chi connectivity index (χ1) is 6.07. The number of rotatable bonds is 1. The van der Waals surface area contributed by atoms with Crippen LogP contribution in [0.2, 0.25) is 0 Å². The van der Waals surface area contributed by atoms with Gasteiger partial charge < -0.3 is 10.8 Å². The minimum atomic E-state index is -0.303. The summed E-state index contributed by atoms with van der Waals surface area (Å²) in [4.78, 5) is 0. The highest BCUT2D eigenvalue weighted by atomic mass is 79.9. The van der Waals surface area contributed by atoms with E-state index in [2.05, 4.69) is 15.9 Å². The molecule has 0 fully saturated rings. The van der Waals surface area contributed by atoms with Gasteiger partial charge in [0.15, 0.2) is 0 Å². The van der Waals surface area contributed by atoms with E-state index in [1.807, 2.05) is 6.07 Å². The first kappa shape index (κ1) is 13.2. The molecule has 0 saturated carbocycles. The zero-order valence-corrected chi connectivity index (χ0v) is 9.89. The summed E-state index contributed by atoms with van der Waals surface area (Å²) in [5, 5.41) is 18.3. The zero-order chi connectivity index (χ0) is 10.0. The molecule has 0 aliphatic rings. The Kier molecular flexibility index (Phi) is 4.92. The summed E-state index contributed by atoms with van der Waals surface area (Å²) in [5.41, 5.74) is 6.45. The quantitative estimate of drug-likeness (QED) is 0.828. The van der Waals surface area contributed by atoms with E-state index in [9.17, 15) is 5.11 Å². The number of halogens is 2. The third-order valence-electron chi connectivity index (χ3n) is 1.74. The van der Waals surface area contributed by atoms with Gasteiger partial charge in [-0.1, -0.05) is 15.9 Å². The average Bonchev–Trinajstić information content (AvgIpc) is 2.04.